The lowest BCUT2D eigenvalue weighted by molar-refractivity contribution is -0.258. The first kappa shape index (κ1) is 47.7. The number of carbonyl (C=O) groups excluding carboxylic acids is 2. The van der Waals surface area contributed by atoms with E-state index in [4.69, 9.17) is 28.9 Å². The van der Waals surface area contributed by atoms with Crippen LogP contribution in [0.3, 0.4) is 0 Å². The van der Waals surface area contributed by atoms with Crippen molar-refractivity contribution < 1.29 is 43.6 Å². The molecular formula is C54H71N3O9. The van der Waals surface area contributed by atoms with E-state index in [1.807, 2.05) is 36.1 Å². The molecule has 1 saturated heterocycles. The number of carbonyl (C=O) groups is 2. The Kier molecular flexibility index (Phi) is 16.5. The number of ether oxygens (including phenoxy) is 4. The minimum Gasteiger partial charge on any atom is -0.459 e. The van der Waals surface area contributed by atoms with Crippen LogP contribution < -0.4 is 14.8 Å². The quantitative estimate of drug-likeness (QED) is 0.0540. The van der Waals surface area contributed by atoms with Gasteiger partial charge in [0.05, 0.1) is 24.8 Å². The summed E-state index contributed by atoms with van der Waals surface area (Å²) in [5, 5.41) is 30.0. The van der Waals surface area contributed by atoms with Crippen LogP contribution in [0.5, 0.6) is 11.5 Å². The number of allylic oxidation sites excluding steroid dienone is 1. The lowest BCUT2D eigenvalue weighted by Gasteiger charge is -2.60. The fraction of sp³-hybridized carbons (Fsp3) is 0.574. The smallest absolute Gasteiger partial charge is 0.412 e. The van der Waals surface area contributed by atoms with E-state index in [1.54, 1.807) is 12.1 Å². The number of amides is 2. The Morgan fingerprint density at radius 2 is 1.74 bits per heavy atom. The van der Waals surface area contributed by atoms with Gasteiger partial charge in [0, 0.05) is 57.0 Å². The predicted octanol–water partition coefficient (Wildman–Crippen LogP) is 10.1. The van der Waals surface area contributed by atoms with Crippen LogP contribution in [0.1, 0.15) is 127 Å². The maximum Gasteiger partial charge on any atom is 0.412 e. The Bertz CT molecular complexity index is 2170. The number of aliphatic hydroxyl groups excluding tert-OH is 2. The van der Waals surface area contributed by atoms with E-state index in [2.05, 4.69) is 48.3 Å². The number of rotatable bonds is 21. The van der Waals surface area contributed by atoms with Crippen LogP contribution in [0, 0.1) is 23.7 Å². The van der Waals surface area contributed by atoms with Crippen LogP contribution in [0.15, 0.2) is 90.1 Å². The molecule has 3 N–H and O–H groups in total. The molecule has 0 aromatic heterocycles. The number of hydrogen-bond acceptors (Lipinski definition) is 10. The predicted molar refractivity (Wildman–Crippen MR) is 255 cm³/mol. The van der Waals surface area contributed by atoms with Gasteiger partial charge in [-0.05, 0) is 110 Å². The van der Waals surface area contributed by atoms with Crippen molar-refractivity contribution in [1.29, 1.82) is 0 Å². The summed E-state index contributed by atoms with van der Waals surface area (Å²) in [6, 6.07) is 19.5. The van der Waals surface area contributed by atoms with Gasteiger partial charge in [0.1, 0.15) is 17.5 Å². The van der Waals surface area contributed by atoms with E-state index in [0.717, 1.165) is 97.4 Å². The highest BCUT2D eigenvalue weighted by atomic mass is 16.8. The molecule has 2 saturated carbocycles. The van der Waals surface area contributed by atoms with Gasteiger partial charge in [-0.25, -0.2) is 4.79 Å². The number of fused-ring (bicyclic) bond motifs is 3. The van der Waals surface area contributed by atoms with Crippen molar-refractivity contribution in [2.24, 2.45) is 28.8 Å². The average Bonchev–Trinajstić information content (AvgIpc) is 3.87. The largest absolute Gasteiger partial charge is 0.459 e. The lowest BCUT2D eigenvalue weighted by Crippen LogP contribution is -2.70. The maximum atomic E-state index is 15.5. The van der Waals surface area contributed by atoms with Crippen LogP contribution >= 0.6 is 0 Å². The number of aliphatic hydroxyl groups is 2. The molecule has 2 aliphatic heterocycles. The Morgan fingerprint density at radius 3 is 2.52 bits per heavy atom. The van der Waals surface area contributed by atoms with E-state index < -0.39 is 30.1 Å². The minimum atomic E-state index is -1.42. The third-order valence-corrected chi connectivity index (χ3v) is 14.8. The summed E-state index contributed by atoms with van der Waals surface area (Å²) >= 11 is 0. The number of hydrogen-bond donors (Lipinski definition) is 3. The normalized spacial score (nSPS) is 26.5. The van der Waals surface area contributed by atoms with Gasteiger partial charge >= 0.3 is 6.09 Å². The summed E-state index contributed by atoms with van der Waals surface area (Å²) in [7, 11) is 0. The van der Waals surface area contributed by atoms with Gasteiger partial charge in [0.2, 0.25) is 18.0 Å². The van der Waals surface area contributed by atoms with Crippen molar-refractivity contribution in [3.63, 3.8) is 0 Å². The Labute approximate surface area is 390 Å². The molecule has 3 aliphatic carbocycles. The number of benzene rings is 3. The zero-order valence-electron chi connectivity index (χ0n) is 38.9. The molecule has 356 valence electrons. The van der Waals surface area contributed by atoms with E-state index in [0.29, 0.717) is 62.8 Å². The third-order valence-electron chi connectivity index (χ3n) is 14.8. The average molecular weight is 906 g/mol. The van der Waals surface area contributed by atoms with Crippen LogP contribution in [0.2, 0.25) is 0 Å². The summed E-state index contributed by atoms with van der Waals surface area (Å²) in [6.45, 7) is 7.65. The van der Waals surface area contributed by atoms with E-state index >= 15 is 4.79 Å². The molecule has 3 aromatic rings. The lowest BCUT2D eigenvalue weighted by atomic mass is 9.55. The second-order valence-electron chi connectivity index (χ2n) is 18.9. The Balaban J connectivity index is 1.34. The molecule has 7 atom stereocenters. The monoisotopic (exact) mass is 906 g/mol. The number of oxime groups is 1. The van der Waals surface area contributed by atoms with Crippen molar-refractivity contribution in [1.82, 2.24) is 10.2 Å². The zero-order chi connectivity index (χ0) is 45.9. The number of nitrogens with zero attached hydrogens (tertiary/aromatic N) is 2. The van der Waals surface area contributed by atoms with Crippen molar-refractivity contribution in [3.8, 4) is 11.5 Å². The van der Waals surface area contributed by atoms with Crippen LogP contribution in [-0.4, -0.2) is 83.9 Å². The minimum absolute atomic E-state index is 0.0187. The van der Waals surface area contributed by atoms with E-state index in [9.17, 15) is 15.0 Å². The van der Waals surface area contributed by atoms with Gasteiger partial charge in [-0.3, -0.25) is 4.79 Å². The van der Waals surface area contributed by atoms with Crippen molar-refractivity contribution in [3.05, 3.63) is 96.1 Å². The molecule has 0 bridgehead atoms. The van der Waals surface area contributed by atoms with Crippen molar-refractivity contribution in [2.45, 2.75) is 140 Å². The second-order valence-corrected chi connectivity index (χ2v) is 18.9. The number of nitrogens with one attached hydrogen (secondary N) is 1. The van der Waals surface area contributed by atoms with Gasteiger partial charge in [0.25, 0.3) is 0 Å². The molecule has 0 spiro atoms. The SMILES string of the molecule is C=CCO[C@@]12Oc3ccc(OC(=O)NCC)cc3[C@H]3[C@H](CCCCO)[C@@H](CCCCO)C=C(C(=NOC4CCCCO4)C[C@@H]1N(Cc1cccc4ccccc14)C(=O)CCC1CCCC1)[C@H]32. The third kappa shape index (κ3) is 10.7. The molecule has 3 aromatic carbocycles. The molecule has 2 amide bonds. The van der Waals surface area contributed by atoms with E-state index in [-0.39, 0.29) is 43.5 Å². The highest BCUT2D eigenvalue weighted by Gasteiger charge is 2.65. The molecule has 8 rings (SSSR count). The summed E-state index contributed by atoms with van der Waals surface area (Å²) in [6.07, 6.45) is 16.5. The van der Waals surface area contributed by atoms with Gasteiger partial charge in [-0.2, -0.15) is 0 Å². The first-order valence-electron chi connectivity index (χ1n) is 24.9. The molecule has 3 fully saturated rings. The highest BCUT2D eigenvalue weighted by molar-refractivity contribution is 6.03. The Hall–Kier alpha value is -4.75. The Morgan fingerprint density at radius 1 is 0.955 bits per heavy atom. The molecule has 66 heavy (non-hydrogen) atoms. The molecule has 1 unspecified atom stereocenters. The molecule has 12 heteroatoms. The van der Waals surface area contributed by atoms with Gasteiger partial charge in [-0.1, -0.05) is 98.3 Å². The molecule has 5 aliphatic rings. The number of unbranched alkanes of at least 4 members (excludes halogenated alkanes) is 2. The second kappa shape index (κ2) is 22.8. The van der Waals surface area contributed by atoms with Gasteiger partial charge in [0.15, 0.2) is 0 Å². The maximum absolute atomic E-state index is 15.5. The molecule has 0 radical (unpaired) electrons. The van der Waals surface area contributed by atoms with Crippen LogP contribution in [0.25, 0.3) is 10.8 Å². The fourth-order valence-corrected chi connectivity index (χ4v) is 11.7. The summed E-state index contributed by atoms with van der Waals surface area (Å²) in [4.78, 5) is 36.8. The zero-order valence-corrected chi connectivity index (χ0v) is 38.9. The molecule has 2 heterocycles. The van der Waals surface area contributed by atoms with Crippen LogP contribution in [-0.2, 0) is 25.7 Å². The van der Waals surface area contributed by atoms with Crippen LogP contribution in [0.4, 0.5) is 4.79 Å². The molecule has 12 nitrogen and oxygen atoms in total. The fourth-order valence-electron chi connectivity index (χ4n) is 11.7. The first-order chi connectivity index (χ1) is 32.4. The molecular weight excluding hydrogens is 835 g/mol. The summed E-state index contributed by atoms with van der Waals surface area (Å²) in [5.74, 6) is -0.557. The first-order valence-corrected chi connectivity index (χ1v) is 24.9. The standard InChI is InChI=1S/C54H71N3O9/c1-3-31-63-54-48(57(49(60)28-25-37-16-5-6-17-37)36-40-21-15-20-38-18-7-8-22-42(38)40)35-46(56-66-50-24-11-14-32-62-50)44-33-39(19-9-12-29-58)43(23-10-13-30-59)51(52(44)54)45-34-41(26-27-47(45)65-54)64-53(61)55-4-2/h3,7-8,15,18,20-22,26-27,33-34,37,39,43,48,50-52,58-59H,1,4-6,9-14,16-17,19,23-25,28-32,35-36H2,2H3,(H,55,61)/t39-,43+,48-,50?,51+,52+,54+/m0/s1. The topological polar surface area (TPSA) is 148 Å². The summed E-state index contributed by atoms with van der Waals surface area (Å²) < 4.78 is 26.7. The van der Waals surface area contributed by atoms with Crippen molar-refractivity contribution in [2.75, 3.05) is 33.0 Å². The van der Waals surface area contributed by atoms with E-state index in [1.165, 1.54) is 12.8 Å². The highest BCUT2D eigenvalue weighted by Crippen LogP contribution is 2.62. The summed E-state index contributed by atoms with van der Waals surface area (Å²) in [5.41, 5.74) is 3.60. The van der Waals surface area contributed by atoms with Crippen molar-refractivity contribution >= 4 is 28.5 Å². The van der Waals surface area contributed by atoms with Gasteiger partial charge < -0.3 is 44.2 Å². The van der Waals surface area contributed by atoms with Gasteiger partial charge in [-0.15, -0.1) is 6.58 Å².